The molecule has 0 bridgehead atoms. The minimum atomic E-state index is -0.616. The number of carboxylic acid groups (broad SMARTS) is 1. The summed E-state index contributed by atoms with van der Waals surface area (Å²) in [4.78, 5) is 13.3. The van der Waals surface area contributed by atoms with Gasteiger partial charge in [0.1, 0.15) is 0 Å². The monoisotopic (exact) mass is 209 g/mol. The van der Waals surface area contributed by atoms with Crippen molar-refractivity contribution in [2.24, 2.45) is 5.92 Å². The molecule has 15 heavy (non-hydrogen) atoms. The zero-order chi connectivity index (χ0) is 11.0. The Morgan fingerprint density at radius 1 is 1.33 bits per heavy atom. The van der Waals surface area contributed by atoms with Crippen molar-refractivity contribution in [3.05, 3.63) is 11.1 Å². The summed E-state index contributed by atoms with van der Waals surface area (Å²) in [6, 6.07) is 0.297. The Hall–Kier alpha value is -0.830. The van der Waals surface area contributed by atoms with Gasteiger partial charge in [-0.25, -0.2) is 0 Å². The van der Waals surface area contributed by atoms with E-state index in [1.165, 1.54) is 11.1 Å². The van der Waals surface area contributed by atoms with Gasteiger partial charge in [-0.2, -0.15) is 0 Å². The van der Waals surface area contributed by atoms with Gasteiger partial charge in [0.15, 0.2) is 0 Å². The Morgan fingerprint density at radius 2 is 2.07 bits per heavy atom. The smallest absolute Gasteiger partial charge is 0.308 e. The third kappa shape index (κ3) is 1.93. The highest BCUT2D eigenvalue weighted by Gasteiger charge is 2.40. The van der Waals surface area contributed by atoms with Gasteiger partial charge in [0, 0.05) is 19.1 Å². The molecule has 3 heteroatoms. The number of carboxylic acids is 1. The maximum atomic E-state index is 10.9. The van der Waals surface area contributed by atoms with Crippen molar-refractivity contribution in [3.63, 3.8) is 0 Å². The maximum Gasteiger partial charge on any atom is 0.308 e. The van der Waals surface area contributed by atoms with Gasteiger partial charge in [-0.05, 0) is 33.1 Å². The van der Waals surface area contributed by atoms with Gasteiger partial charge in [0.2, 0.25) is 0 Å². The predicted molar refractivity (Wildman–Crippen MR) is 58.7 cm³/mol. The van der Waals surface area contributed by atoms with Crippen molar-refractivity contribution >= 4 is 5.97 Å². The van der Waals surface area contributed by atoms with Crippen molar-refractivity contribution in [1.82, 2.24) is 4.90 Å². The van der Waals surface area contributed by atoms with Gasteiger partial charge in [-0.15, -0.1) is 0 Å². The Labute approximate surface area is 90.8 Å². The van der Waals surface area contributed by atoms with Crippen LogP contribution in [0.25, 0.3) is 0 Å². The van der Waals surface area contributed by atoms with Crippen LogP contribution in [0.1, 0.15) is 33.1 Å². The Bertz CT molecular complexity index is 309. The van der Waals surface area contributed by atoms with Gasteiger partial charge >= 0.3 is 5.97 Å². The second-order valence-corrected chi connectivity index (χ2v) is 4.87. The van der Waals surface area contributed by atoms with E-state index in [2.05, 4.69) is 18.7 Å². The van der Waals surface area contributed by atoms with Crippen LogP contribution in [-0.2, 0) is 4.79 Å². The summed E-state index contributed by atoms with van der Waals surface area (Å²) in [5.41, 5.74) is 2.91. The van der Waals surface area contributed by atoms with Crippen molar-refractivity contribution in [2.45, 2.75) is 39.2 Å². The van der Waals surface area contributed by atoms with Gasteiger partial charge < -0.3 is 5.11 Å². The molecule has 0 radical (unpaired) electrons. The molecule has 2 aliphatic rings. The lowest BCUT2D eigenvalue weighted by Crippen LogP contribution is -2.52. The third-order valence-electron chi connectivity index (χ3n) is 3.97. The summed E-state index contributed by atoms with van der Waals surface area (Å²) in [7, 11) is 0. The van der Waals surface area contributed by atoms with Crippen molar-refractivity contribution in [2.75, 3.05) is 13.1 Å². The summed E-state index contributed by atoms with van der Waals surface area (Å²) in [6.45, 7) is 6.36. The number of carbonyl (C=O) groups is 1. The van der Waals surface area contributed by atoms with Gasteiger partial charge in [-0.1, -0.05) is 11.1 Å². The zero-order valence-corrected chi connectivity index (χ0v) is 9.49. The van der Waals surface area contributed by atoms with Crippen molar-refractivity contribution in [1.29, 1.82) is 0 Å². The van der Waals surface area contributed by atoms with E-state index in [1.54, 1.807) is 0 Å². The standard InChI is InChI=1S/C12H19NO2/c1-8-5-6-13(7-9(8)2)11-4-3-10(11)12(14)15/h10-11H,3-7H2,1-2H3,(H,14,15). The quantitative estimate of drug-likeness (QED) is 0.706. The van der Waals surface area contributed by atoms with E-state index in [9.17, 15) is 4.79 Å². The molecule has 0 aromatic heterocycles. The normalized spacial score (nSPS) is 32.7. The Morgan fingerprint density at radius 3 is 2.53 bits per heavy atom. The lowest BCUT2D eigenvalue weighted by molar-refractivity contribution is -0.148. The molecule has 0 aromatic carbocycles. The predicted octanol–water partition coefficient (Wildman–Crippen LogP) is 1.89. The van der Waals surface area contributed by atoms with Crippen LogP contribution in [0.3, 0.4) is 0 Å². The minimum absolute atomic E-state index is 0.115. The average Bonchev–Trinajstić information content (AvgIpc) is 2.08. The van der Waals surface area contributed by atoms with E-state index in [-0.39, 0.29) is 5.92 Å². The first-order valence-corrected chi connectivity index (χ1v) is 5.71. The summed E-state index contributed by atoms with van der Waals surface area (Å²) in [5.74, 6) is -0.730. The minimum Gasteiger partial charge on any atom is -0.481 e. The van der Waals surface area contributed by atoms with Crippen molar-refractivity contribution < 1.29 is 9.90 Å². The van der Waals surface area contributed by atoms with Crippen LogP contribution in [0.5, 0.6) is 0 Å². The zero-order valence-electron chi connectivity index (χ0n) is 9.49. The van der Waals surface area contributed by atoms with Crippen LogP contribution in [0.4, 0.5) is 0 Å². The molecule has 0 saturated heterocycles. The van der Waals surface area contributed by atoms with E-state index in [0.717, 1.165) is 32.4 Å². The van der Waals surface area contributed by atoms with E-state index in [1.807, 2.05) is 0 Å². The topological polar surface area (TPSA) is 40.5 Å². The molecule has 2 rings (SSSR count). The molecule has 1 N–H and O–H groups in total. The van der Waals surface area contributed by atoms with Crippen LogP contribution in [0, 0.1) is 5.92 Å². The molecule has 3 nitrogen and oxygen atoms in total. The highest BCUT2D eigenvalue weighted by Crippen LogP contribution is 2.34. The van der Waals surface area contributed by atoms with Crippen LogP contribution in [0.2, 0.25) is 0 Å². The number of hydrogen-bond donors (Lipinski definition) is 1. The summed E-state index contributed by atoms with van der Waals surface area (Å²) >= 11 is 0. The highest BCUT2D eigenvalue weighted by molar-refractivity contribution is 5.72. The van der Waals surface area contributed by atoms with Crippen LogP contribution < -0.4 is 0 Å². The van der Waals surface area contributed by atoms with E-state index in [0.29, 0.717) is 6.04 Å². The lowest BCUT2D eigenvalue weighted by Gasteiger charge is -2.44. The van der Waals surface area contributed by atoms with Crippen LogP contribution in [0.15, 0.2) is 11.1 Å². The fraction of sp³-hybridized carbons (Fsp3) is 0.750. The van der Waals surface area contributed by atoms with E-state index < -0.39 is 5.97 Å². The second-order valence-electron chi connectivity index (χ2n) is 4.87. The fourth-order valence-electron chi connectivity index (χ4n) is 2.53. The lowest BCUT2D eigenvalue weighted by atomic mass is 9.77. The average molecular weight is 209 g/mol. The molecule has 84 valence electrons. The first-order valence-electron chi connectivity index (χ1n) is 5.71. The largest absolute Gasteiger partial charge is 0.481 e. The molecule has 1 aliphatic heterocycles. The Balaban J connectivity index is 1.99. The van der Waals surface area contributed by atoms with Gasteiger partial charge in [0.25, 0.3) is 0 Å². The molecule has 1 saturated carbocycles. The first kappa shape index (κ1) is 10.7. The SMILES string of the molecule is CC1=C(C)CN(C2CCC2C(=O)O)CC1. The van der Waals surface area contributed by atoms with E-state index in [4.69, 9.17) is 5.11 Å². The van der Waals surface area contributed by atoms with Gasteiger partial charge in [-0.3, -0.25) is 9.69 Å². The molecular weight excluding hydrogens is 190 g/mol. The number of rotatable bonds is 2. The van der Waals surface area contributed by atoms with E-state index >= 15 is 0 Å². The van der Waals surface area contributed by atoms with Crippen LogP contribution >= 0.6 is 0 Å². The Kier molecular flexibility index (Phi) is 2.83. The number of hydrogen-bond acceptors (Lipinski definition) is 2. The molecule has 0 aromatic rings. The highest BCUT2D eigenvalue weighted by atomic mass is 16.4. The number of nitrogens with zero attached hydrogens (tertiary/aromatic N) is 1. The fourth-order valence-corrected chi connectivity index (χ4v) is 2.53. The molecule has 1 heterocycles. The second kappa shape index (κ2) is 3.97. The molecule has 2 unspecified atom stereocenters. The molecule has 0 spiro atoms. The summed E-state index contributed by atoms with van der Waals surface area (Å²) in [5, 5.41) is 9.01. The molecule has 2 atom stereocenters. The molecule has 1 fully saturated rings. The third-order valence-corrected chi connectivity index (χ3v) is 3.97. The number of aliphatic carboxylic acids is 1. The maximum absolute atomic E-state index is 10.9. The molecule has 1 aliphatic carbocycles. The summed E-state index contributed by atoms with van der Waals surface area (Å²) < 4.78 is 0. The van der Waals surface area contributed by atoms with Crippen molar-refractivity contribution in [3.8, 4) is 0 Å². The molecule has 0 amide bonds. The molecular formula is C12H19NO2. The van der Waals surface area contributed by atoms with Gasteiger partial charge in [0.05, 0.1) is 5.92 Å². The van der Waals surface area contributed by atoms with Crippen LogP contribution in [-0.4, -0.2) is 35.1 Å². The first-order chi connectivity index (χ1) is 7.09. The summed E-state index contributed by atoms with van der Waals surface area (Å²) in [6.07, 6.45) is 3.02.